The molecule has 21 heavy (non-hydrogen) atoms. The van der Waals surface area contributed by atoms with E-state index < -0.39 is 0 Å². The highest BCUT2D eigenvalue weighted by Gasteiger charge is 2.20. The van der Waals surface area contributed by atoms with Crippen molar-refractivity contribution in [2.45, 2.75) is 26.2 Å². The number of benzene rings is 2. The Kier molecular flexibility index (Phi) is 4.86. The smallest absolute Gasteiger partial charge is 0.127 e. The Morgan fingerprint density at radius 3 is 2.29 bits per heavy atom. The maximum Gasteiger partial charge on any atom is 0.127 e. The van der Waals surface area contributed by atoms with Gasteiger partial charge in [0.25, 0.3) is 0 Å². The van der Waals surface area contributed by atoms with E-state index in [-0.39, 0.29) is 17.4 Å². The molecule has 2 aromatic rings. The molecule has 112 valence electrons. The highest BCUT2D eigenvalue weighted by Crippen LogP contribution is 2.42. The Morgan fingerprint density at radius 1 is 1.05 bits per heavy atom. The zero-order valence-corrected chi connectivity index (χ0v) is 12.8. The number of hydrogen-bond acceptors (Lipinski definition) is 3. The monoisotopic (exact) mass is 286 g/mol. The van der Waals surface area contributed by atoms with Gasteiger partial charge < -0.3 is 14.9 Å². The second kappa shape index (κ2) is 6.64. The molecule has 0 spiro atoms. The van der Waals surface area contributed by atoms with Gasteiger partial charge in [-0.1, -0.05) is 44.2 Å². The molecule has 0 aliphatic heterocycles. The summed E-state index contributed by atoms with van der Waals surface area (Å²) in [6, 6.07) is 11.2. The molecule has 2 rings (SSSR count). The third kappa shape index (κ3) is 3.19. The van der Waals surface area contributed by atoms with Crippen LogP contribution in [0.25, 0.3) is 11.1 Å². The van der Waals surface area contributed by atoms with Crippen LogP contribution >= 0.6 is 0 Å². The van der Waals surface area contributed by atoms with E-state index in [0.717, 1.165) is 22.3 Å². The molecule has 0 saturated heterocycles. The summed E-state index contributed by atoms with van der Waals surface area (Å²) < 4.78 is 5.19. The highest BCUT2D eigenvalue weighted by molar-refractivity contribution is 5.77. The van der Waals surface area contributed by atoms with Gasteiger partial charge in [-0.25, -0.2) is 0 Å². The number of methoxy groups -OCH3 is 1. The summed E-state index contributed by atoms with van der Waals surface area (Å²) >= 11 is 0. The quantitative estimate of drug-likeness (QED) is 0.870. The number of ether oxygens (including phenoxy) is 1. The highest BCUT2D eigenvalue weighted by atomic mass is 16.5. The molecule has 0 amide bonds. The predicted molar refractivity (Wildman–Crippen MR) is 84.9 cm³/mol. The summed E-state index contributed by atoms with van der Waals surface area (Å²) in [6.45, 7) is 4.62. The van der Waals surface area contributed by atoms with E-state index in [1.54, 1.807) is 7.11 Å². The zero-order chi connectivity index (χ0) is 15.4. The van der Waals surface area contributed by atoms with Crippen LogP contribution < -0.4 is 0 Å². The Hall–Kier alpha value is -2.00. The van der Waals surface area contributed by atoms with Crippen molar-refractivity contribution in [2.75, 3.05) is 13.7 Å². The topological polar surface area (TPSA) is 49.7 Å². The molecule has 0 aromatic heterocycles. The third-order valence-electron chi connectivity index (χ3n) is 3.63. The van der Waals surface area contributed by atoms with Crippen molar-refractivity contribution in [3.05, 3.63) is 47.5 Å². The average Bonchev–Trinajstić information content (AvgIpc) is 2.45. The van der Waals surface area contributed by atoms with Crippen molar-refractivity contribution in [3.8, 4) is 22.6 Å². The molecular weight excluding hydrogens is 264 g/mol. The lowest BCUT2D eigenvalue weighted by Gasteiger charge is -2.20. The minimum atomic E-state index is 0.106. The summed E-state index contributed by atoms with van der Waals surface area (Å²) in [5.41, 5.74) is 3.57. The number of phenolic OH excluding ortho intramolecular Hbond substituents is 2. The average molecular weight is 286 g/mol. The van der Waals surface area contributed by atoms with Gasteiger partial charge in [0.1, 0.15) is 11.5 Å². The first-order valence-corrected chi connectivity index (χ1v) is 7.18. The van der Waals surface area contributed by atoms with Gasteiger partial charge in [-0.05, 0) is 23.5 Å². The first-order chi connectivity index (χ1) is 10.1. The van der Waals surface area contributed by atoms with E-state index in [4.69, 9.17) is 4.74 Å². The van der Waals surface area contributed by atoms with Crippen molar-refractivity contribution in [2.24, 2.45) is 0 Å². The molecule has 0 heterocycles. The fourth-order valence-corrected chi connectivity index (χ4v) is 2.76. The molecule has 0 unspecified atom stereocenters. The molecule has 0 fully saturated rings. The van der Waals surface area contributed by atoms with Gasteiger partial charge in [0.05, 0.1) is 6.61 Å². The number of rotatable bonds is 5. The minimum Gasteiger partial charge on any atom is -0.508 e. The standard InChI is InChI=1S/C18H22O3/c1-12(2)17-14(9-10-21-3)18(16(20)11-15(17)19)13-7-5-4-6-8-13/h4-8,11-12,19-20H,9-10H2,1-3H3. The van der Waals surface area contributed by atoms with Gasteiger partial charge in [-0.3, -0.25) is 0 Å². The van der Waals surface area contributed by atoms with Crippen LogP contribution in [-0.2, 0) is 11.2 Å². The molecule has 0 atom stereocenters. The predicted octanol–water partition coefficient (Wildman–Crippen LogP) is 4.08. The summed E-state index contributed by atoms with van der Waals surface area (Å²) in [5.74, 6) is 0.419. The minimum absolute atomic E-state index is 0.106. The molecule has 0 bridgehead atoms. The molecule has 0 aliphatic carbocycles. The molecule has 0 radical (unpaired) electrons. The van der Waals surface area contributed by atoms with Crippen LogP contribution in [0.2, 0.25) is 0 Å². The van der Waals surface area contributed by atoms with E-state index >= 15 is 0 Å². The lowest BCUT2D eigenvalue weighted by atomic mass is 9.87. The Balaban J connectivity index is 2.69. The second-order valence-corrected chi connectivity index (χ2v) is 5.45. The molecule has 0 saturated carbocycles. The van der Waals surface area contributed by atoms with E-state index in [2.05, 4.69) is 0 Å². The number of hydrogen-bond donors (Lipinski definition) is 2. The number of phenols is 2. The van der Waals surface area contributed by atoms with Crippen molar-refractivity contribution in [1.29, 1.82) is 0 Å². The molecule has 2 aromatic carbocycles. The summed E-state index contributed by atoms with van der Waals surface area (Å²) in [5, 5.41) is 20.5. The zero-order valence-electron chi connectivity index (χ0n) is 12.8. The normalized spacial score (nSPS) is 11.0. The van der Waals surface area contributed by atoms with Gasteiger partial charge in [-0.15, -0.1) is 0 Å². The molecule has 3 heteroatoms. The fourth-order valence-electron chi connectivity index (χ4n) is 2.76. The summed E-state index contributed by atoms with van der Waals surface area (Å²) in [4.78, 5) is 0. The van der Waals surface area contributed by atoms with Gasteiger partial charge in [-0.2, -0.15) is 0 Å². The molecule has 2 N–H and O–H groups in total. The lowest BCUT2D eigenvalue weighted by Crippen LogP contribution is -2.04. The van der Waals surface area contributed by atoms with Crippen LogP contribution in [0.4, 0.5) is 0 Å². The first kappa shape index (κ1) is 15.4. The molecule has 0 aliphatic rings. The lowest BCUT2D eigenvalue weighted by molar-refractivity contribution is 0.202. The summed E-state index contributed by atoms with van der Waals surface area (Å²) in [7, 11) is 1.65. The van der Waals surface area contributed by atoms with Crippen molar-refractivity contribution in [1.82, 2.24) is 0 Å². The van der Waals surface area contributed by atoms with Gasteiger partial charge in [0.2, 0.25) is 0 Å². The van der Waals surface area contributed by atoms with Crippen molar-refractivity contribution >= 4 is 0 Å². The van der Waals surface area contributed by atoms with Crippen LogP contribution in [0.3, 0.4) is 0 Å². The maximum absolute atomic E-state index is 10.3. The Bertz CT molecular complexity index is 604. The Labute approximate surface area is 125 Å². The van der Waals surface area contributed by atoms with Crippen LogP contribution in [-0.4, -0.2) is 23.9 Å². The van der Waals surface area contributed by atoms with E-state index in [1.807, 2.05) is 44.2 Å². The second-order valence-electron chi connectivity index (χ2n) is 5.45. The first-order valence-electron chi connectivity index (χ1n) is 7.18. The van der Waals surface area contributed by atoms with E-state index in [9.17, 15) is 10.2 Å². The van der Waals surface area contributed by atoms with E-state index in [0.29, 0.717) is 13.0 Å². The van der Waals surface area contributed by atoms with E-state index in [1.165, 1.54) is 6.07 Å². The maximum atomic E-state index is 10.3. The number of aromatic hydroxyl groups is 2. The van der Waals surface area contributed by atoms with Crippen molar-refractivity contribution in [3.63, 3.8) is 0 Å². The van der Waals surface area contributed by atoms with Crippen LogP contribution in [0.5, 0.6) is 11.5 Å². The molecular formula is C18H22O3. The van der Waals surface area contributed by atoms with Crippen LogP contribution in [0.1, 0.15) is 30.9 Å². The van der Waals surface area contributed by atoms with Gasteiger partial charge in [0, 0.05) is 24.3 Å². The third-order valence-corrected chi connectivity index (χ3v) is 3.63. The summed E-state index contributed by atoms with van der Waals surface area (Å²) in [6.07, 6.45) is 0.649. The Morgan fingerprint density at radius 2 is 1.71 bits per heavy atom. The van der Waals surface area contributed by atoms with Crippen molar-refractivity contribution < 1.29 is 14.9 Å². The fraction of sp³-hybridized carbons (Fsp3) is 0.333. The van der Waals surface area contributed by atoms with Gasteiger partial charge in [0.15, 0.2) is 0 Å². The SMILES string of the molecule is COCCc1c(-c2ccccc2)c(O)cc(O)c1C(C)C. The largest absolute Gasteiger partial charge is 0.508 e. The van der Waals surface area contributed by atoms with Crippen LogP contribution in [0.15, 0.2) is 36.4 Å². The van der Waals surface area contributed by atoms with Crippen LogP contribution in [0, 0.1) is 0 Å². The molecule has 3 nitrogen and oxygen atoms in total. The van der Waals surface area contributed by atoms with Gasteiger partial charge >= 0.3 is 0 Å².